The number of nitrogens with zero attached hydrogens (tertiary/aromatic N) is 1. The Morgan fingerprint density at radius 3 is 2.48 bits per heavy atom. The van der Waals surface area contributed by atoms with Crippen molar-refractivity contribution in [2.24, 2.45) is 11.3 Å². The van der Waals surface area contributed by atoms with E-state index in [0.29, 0.717) is 13.1 Å². The molecule has 0 aliphatic carbocycles. The second-order valence-corrected chi connectivity index (χ2v) is 7.58. The van der Waals surface area contributed by atoms with E-state index < -0.39 is 6.10 Å². The van der Waals surface area contributed by atoms with E-state index in [1.165, 1.54) is 12.1 Å². The number of amides is 2. The summed E-state index contributed by atoms with van der Waals surface area (Å²) in [5.41, 5.74) is 0.660. The molecule has 1 heterocycles. The predicted octanol–water partition coefficient (Wildman–Crippen LogP) is 3.33. The van der Waals surface area contributed by atoms with E-state index in [9.17, 15) is 14.3 Å². The highest BCUT2D eigenvalue weighted by molar-refractivity contribution is 5.75. The number of benzene rings is 1. The standard InChI is InChI=1S/C18H27FN2O2/c1-12-9-10-21(11-15(12)22)17(23)20-16(18(2,3)4)13-5-7-14(19)8-6-13/h5-8,12,15-16,22H,9-11H2,1-4H3,(H,20,23). The monoisotopic (exact) mass is 322 g/mol. The van der Waals surface area contributed by atoms with Crippen LogP contribution in [0.25, 0.3) is 0 Å². The Kier molecular flexibility index (Phi) is 5.30. The normalized spacial score (nSPS) is 23.5. The van der Waals surface area contributed by atoms with Gasteiger partial charge in [0.1, 0.15) is 5.82 Å². The molecule has 0 saturated carbocycles. The minimum Gasteiger partial charge on any atom is -0.391 e. The van der Waals surface area contributed by atoms with Crippen LogP contribution >= 0.6 is 0 Å². The second kappa shape index (κ2) is 6.87. The number of nitrogens with one attached hydrogen (secondary N) is 1. The first-order chi connectivity index (χ1) is 10.7. The number of hydrogen-bond acceptors (Lipinski definition) is 2. The number of hydrogen-bond donors (Lipinski definition) is 2. The van der Waals surface area contributed by atoms with Gasteiger partial charge in [-0.3, -0.25) is 0 Å². The third kappa shape index (κ3) is 4.44. The van der Waals surface area contributed by atoms with Crippen molar-refractivity contribution in [2.45, 2.75) is 46.3 Å². The molecule has 1 aromatic carbocycles. The third-order valence-corrected chi connectivity index (χ3v) is 4.54. The summed E-state index contributed by atoms with van der Waals surface area (Å²) in [7, 11) is 0. The van der Waals surface area contributed by atoms with Crippen molar-refractivity contribution in [3.63, 3.8) is 0 Å². The quantitative estimate of drug-likeness (QED) is 0.877. The first kappa shape index (κ1) is 17.7. The first-order valence-corrected chi connectivity index (χ1v) is 8.17. The molecule has 4 nitrogen and oxygen atoms in total. The van der Waals surface area contributed by atoms with Crippen molar-refractivity contribution in [3.8, 4) is 0 Å². The summed E-state index contributed by atoms with van der Waals surface area (Å²) in [6.07, 6.45) is 0.319. The molecule has 128 valence electrons. The molecule has 3 atom stereocenters. The number of β-amino-alcohol motifs (C(OH)–C–C–N with tert-alkyl or cyclic N) is 1. The van der Waals surface area contributed by atoms with Crippen molar-refractivity contribution >= 4 is 6.03 Å². The van der Waals surface area contributed by atoms with Crippen LogP contribution in [0.4, 0.5) is 9.18 Å². The Balaban J connectivity index is 2.12. The molecule has 1 aromatic rings. The maximum absolute atomic E-state index is 13.2. The van der Waals surface area contributed by atoms with Gasteiger partial charge in [-0.05, 0) is 35.4 Å². The molecular weight excluding hydrogens is 295 g/mol. The molecule has 0 spiro atoms. The lowest BCUT2D eigenvalue weighted by atomic mass is 9.82. The Labute approximate surface area is 137 Å². The molecule has 1 aliphatic heterocycles. The summed E-state index contributed by atoms with van der Waals surface area (Å²) < 4.78 is 13.2. The average molecular weight is 322 g/mol. The second-order valence-electron chi connectivity index (χ2n) is 7.58. The Morgan fingerprint density at radius 1 is 1.35 bits per heavy atom. The zero-order valence-electron chi connectivity index (χ0n) is 14.3. The summed E-state index contributed by atoms with van der Waals surface area (Å²) >= 11 is 0. The van der Waals surface area contributed by atoms with E-state index in [4.69, 9.17) is 0 Å². The smallest absolute Gasteiger partial charge is 0.317 e. The molecule has 2 N–H and O–H groups in total. The Bertz CT molecular complexity index is 539. The lowest BCUT2D eigenvalue weighted by molar-refractivity contribution is 0.0419. The van der Waals surface area contributed by atoms with Gasteiger partial charge in [-0.2, -0.15) is 0 Å². The minimum atomic E-state index is -0.478. The van der Waals surface area contributed by atoms with Gasteiger partial charge in [-0.25, -0.2) is 9.18 Å². The molecule has 0 aromatic heterocycles. The maximum Gasteiger partial charge on any atom is 0.317 e. The van der Waals surface area contributed by atoms with Crippen LogP contribution in [-0.4, -0.2) is 35.2 Å². The summed E-state index contributed by atoms with van der Waals surface area (Å²) in [5.74, 6) is -0.0737. The van der Waals surface area contributed by atoms with Gasteiger partial charge < -0.3 is 15.3 Å². The fraction of sp³-hybridized carbons (Fsp3) is 0.611. The van der Waals surface area contributed by atoms with Crippen molar-refractivity contribution < 1.29 is 14.3 Å². The number of likely N-dealkylation sites (tertiary alicyclic amines) is 1. The van der Waals surface area contributed by atoms with Gasteiger partial charge in [0, 0.05) is 13.1 Å². The van der Waals surface area contributed by atoms with Crippen LogP contribution < -0.4 is 5.32 Å². The largest absolute Gasteiger partial charge is 0.391 e. The highest BCUT2D eigenvalue weighted by Crippen LogP contribution is 2.33. The third-order valence-electron chi connectivity index (χ3n) is 4.54. The summed E-state index contributed by atoms with van der Waals surface area (Å²) in [6.45, 7) is 9.10. The van der Waals surface area contributed by atoms with Gasteiger partial charge in [-0.15, -0.1) is 0 Å². The lowest BCUT2D eigenvalue weighted by Gasteiger charge is -2.38. The SMILES string of the molecule is CC1CCN(C(=O)NC(c2ccc(F)cc2)C(C)(C)C)CC1O. The van der Waals surface area contributed by atoms with Gasteiger partial charge in [0.25, 0.3) is 0 Å². The molecule has 5 heteroatoms. The summed E-state index contributed by atoms with van der Waals surface area (Å²) in [4.78, 5) is 14.2. The van der Waals surface area contributed by atoms with Crippen LogP contribution in [0.1, 0.15) is 45.7 Å². The molecule has 2 rings (SSSR count). The van der Waals surface area contributed by atoms with Crippen LogP contribution in [-0.2, 0) is 0 Å². The maximum atomic E-state index is 13.2. The number of carbonyl (C=O) groups is 1. The molecule has 2 amide bonds. The van der Waals surface area contributed by atoms with Crippen molar-refractivity contribution in [2.75, 3.05) is 13.1 Å². The van der Waals surface area contributed by atoms with Gasteiger partial charge in [-0.1, -0.05) is 39.8 Å². The van der Waals surface area contributed by atoms with Crippen molar-refractivity contribution in [1.29, 1.82) is 0 Å². The number of piperidine rings is 1. The fourth-order valence-corrected chi connectivity index (χ4v) is 2.90. The van der Waals surface area contributed by atoms with Crippen LogP contribution in [0.2, 0.25) is 0 Å². The molecule has 0 bridgehead atoms. The van der Waals surface area contributed by atoms with Crippen LogP contribution in [0.3, 0.4) is 0 Å². The van der Waals surface area contributed by atoms with E-state index in [0.717, 1.165) is 12.0 Å². The summed E-state index contributed by atoms with van der Waals surface area (Å²) in [6, 6.07) is 5.82. The number of halogens is 1. The highest BCUT2D eigenvalue weighted by Gasteiger charge is 2.32. The van der Waals surface area contributed by atoms with E-state index in [2.05, 4.69) is 5.32 Å². The lowest BCUT2D eigenvalue weighted by Crippen LogP contribution is -2.51. The predicted molar refractivity (Wildman–Crippen MR) is 88.5 cm³/mol. The van der Waals surface area contributed by atoms with Gasteiger partial charge in [0.05, 0.1) is 12.1 Å². The number of aliphatic hydroxyl groups is 1. The number of carbonyl (C=O) groups excluding carboxylic acids is 1. The minimum absolute atomic E-state index is 0.180. The molecule has 3 unspecified atom stereocenters. The van der Waals surface area contributed by atoms with Crippen molar-refractivity contribution in [1.82, 2.24) is 10.2 Å². The highest BCUT2D eigenvalue weighted by atomic mass is 19.1. The Hall–Kier alpha value is -1.62. The van der Waals surface area contributed by atoms with E-state index in [1.807, 2.05) is 27.7 Å². The zero-order valence-corrected chi connectivity index (χ0v) is 14.3. The summed E-state index contributed by atoms with van der Waals surface area (Å²) in [5, 5.41) is 13.0. The van der Waals surface area contributed by atoms with Crippen LogP contribution in [0, 0.1) is 17.2 Å². The number of rotatable bonds is 2. The fourth-order valence-electron chi connectivity index (χ4n) is 2.90. The topological polar surface area (TPSA) is 52.6 Å². The molecule has 1 fully saturated rings. The first-order valence-electron chi connectivity index (χ1n) is 8.17. The van der Waals surface area contributed by atoms with Gasteiger partial charge >= 0.3 is 6.03 Å². The van der Waals surface area contributed by atoms with Crippen LogP contribution in [0.5, 0.6) is 0 Å². The van der Waals surface area contributed by atoms with Gasteiger partial charge in [0.2, 0.25) is 0 Å². The van der Waals surface area contributed by atoms with E-state index >= 15 is 0 Å². The number of aliphatic hydroxyl groups excluding tert-OH is 1. The molecule has 1 saturated heterocycles. The number of urea groups is 1. The molecule has 0 radical (unpaired) electrons. The van der Waals surface area contributed by atoms with E-state index in [1.54, 1.807) is 17.0 Å². The molecular formula is C18H27FN2O2. The van der Waals surface area contributed by atoms with Crippen molar-refractivity contribution in [3.05, 3.63) is 35.6 Å². The Morgan fingerprint density at radius 2 is 1.96 bits per heavy atom. The van der Waals surface area contributed by atoms with E-state index in [-0.39, 0.29) is 29.2 Å². The molecule has 23 heavy (non-hydrogen) atoms. The molecule has 1 aliphatic rings. The van der Waals surface area contributed by atoms with Gasteiger partial charge in [0.15, 0.2) is 0 Å². The zero-order chi connectivity index (χ0) is 17.2. The van der Waals surface area contributed by atoms with Crippen LogP contribution in [0.15, 0.2) is 24.3 Å². The average Bonchev–Trinajstić information content (AvgIpc) is 2.47.